The Bertz CT molecular complexity index is 476. The minimum absolute atomic E-state index is 0.295. The van der Waals surface area contributed by atoms with Gasteiger partial charge in [-0.15, -0.1) is 0 Å². The lowest BCUT2D eigenvalue weighted by Gasteiger charge is -2.35. The van der Waals surface area contributed by atoms with E-state index in [0.29, 0.717) is 17.7 Å². The van der Waals surface area contributed by atoms with Crippen LogP contribution in [0.25, 0.3) is 0 Å². The zero-order chi connectivity index (χ0) is 14.7. The number of amides is 1. The van der Waals surface area contributed by atoms with Gasteiger partial charge in [0.1, 0.15) is 5.82 Å². The lowest BCUT2D eigenvalue weighted by Crippen LogP contribution is -2.43. The molecule has 0 spiro atoms. The predicted octanol–water partition coefficient (Wildman–Crippen LogP) is 3.19. The molecule has 1 aromatic rings. The van der Waals surface area contributed by atoms with E-state index in [4.69, 9.17) is 0 Å². The second-order valence-electron chi connectivity index (χ2n) is 6.53. The van der Waals surface area contributed by atoms with Gasteiger partial charge in [-0.1, -0.05) is 19.3 Å². The van der Waals surface area contributed by atoms with Gasteiger partial charge in [0.2, 0.25) is 5.91 Å². The van der Waals surface area contributed by atoms with E-state index in [-0.39, 0.29) is 0 Å². The van der Waals surface area contributed by atoms with Gasteiger partial charge < -0.3 is 9.47 Å². The molecule has 0 aromatic carbocycles. The molecule has 0 N–H and O–H groups in total. The second-order valence-corrected chi connectivity index (χ2v) is 6.53. The molecule has 3 rings (SSSR count). The summed E-state index contributed by atoms with van der Waals surface area (Å²) in [5.41, 5.74) is 0. The van der Waals surface area contributed by atoms with Gasteiger partial charge >= 0.3 is 0 Å². The Hall–Kier alpha value is -1.32. The van der Waals surface area contributed by atoms with Crippen LogP contribution in [0.3, 0.4) is 0 Å². The third kappa shape index (κ3) is 3.14. The number of aryl methyl sites for hydroxylation is 1. The van der Waals surface area contributed by atoms with Crippen LogP contribution in [0.1, 0.15) is 63.6 Å². The number of hydrogen-bond donors (Lipinski definition) is 0. The third-order valence-electron chi connectivity index (χ3n) is 5.14. The van der Waals surface area contributed by atoms with Gasteiger partial charge in [0, 0.05) is 43.9 Å². The molecule has 0 radical (unpaired) electrons. The van der Waals surface area contributed by atoms with Gasteiger partial charge in [-0.2, -0.15) is 0 Å². The summed E-state index contributed by atoms with van der Waals surface area (Å²) in [5.74, 6) is 2.29. The average Bonchev–Trinajstić information content (AvgIpc) is 3.04. The summed E-state index contributed by atoms with van der Waals surface area (Å²) >= 11 is 0. The van der Waals surface area contributed by atoms with E-state index >= 15 is 0 Å². The molecule has 1 saturated heterocycles. The van der Waals surface area contributed by atoms with E-state index in [2.05, 4.69) is 27.6 Å². The molecular weight excluding hydrogens is 262 g/mol. The number of imidazole rings is 1. The van der Waals surface area contributed by atoms with Gasteiger partial charge in [0.05, 0.1) is 0 Å². The molecule has 21 heavy (non-hydrogen) atoms. The van der Waals surface area contributed by atoms with Crippen molar-refractivity contribution in [1.82, 2.24) is 14.5 Å². The van der Waals surface area contributed by atoms with Gasteiger partial charge in [0.25, 0.3) is 0 Å². The molecule has 0 unspecified atom stereocenters. The summed E-state index contributed by atoms with van der Waals surface area (Å²) in [7, 11) is 0. The van der Waals surface area contributed by atoms with Crippen LogP contribution in [0.4, 0.5) is 0 Å². The maximum Gasteiger partial charge on any atom is 0.225 e. The number of likely N-dealkylation sites (tertiary alicyclic amines) is 1. The minimum atomic E-state index is 0.295. The maximum atomic E-state index is 12.7. The molecule has 4 heteroatoms. The first-order valence-electron chi connectivity index (χ1n) is 8.59. The average molecular weight is 289 g/mol. The minimum Gasteiger partial charge on any atom is -0.342 e. The van der Waals surface area contributed by atoms with Crippen LogP contribution in [0.5, 0.6) is 0 Å². The molecule has 1 atom stereocenters. The third-order valence-corrected chi connectivity index (χ3v) is 5.14. The molecule has 0 bridgehead atoms. The van der Waals surface area contributed by atoms with E-state index in [1.165, 1.54) is 25.1 Å². The predicted molar refractivity (Wildman–Crippen MR) is 83.0 cm³/mol. The summed E-state index contributed by atoms with van der Waals surface area (Å²) in [5, 5.41) is 0. The topological polar surface area (TPSA) is 38.1 Å². The summed E-state index contributed by atoms with van der Waals surface area (Å²) < 4.78 is 2.22. The van der Waals surface area contributed by atoms with Gasteiger partial charge in [-0.05, 0) is 32.6 Å². The fourth-order valence-corrected chi connectivity index (χ4v) is 3.94. The first kappa shape index (κ1) is 14.6. The molecule has 116 valence electrons. The van der Waals surface area contributed by atoms with Crippen LogP contribution in [-0.4, -0.2) is 33.4 Å². The first-order valence-corrected chi connectivity index (χ1v) is 8.59. The molecule has 1 aromatic heterocycles. The van der Waals surface area contributed by atoms with Crippen molar-refractivity contribution in [2.45, 2.75) is 64.3 Å². The van der Waals surface area contributed by atoms with Crippen LogP contribution < -0.4 is 0 Å². The lowest BCUT2D eigenvalue weighted by atomic mass is 9.87. The number of carbonyl (C=O) groups is 1. The molecule has 4 nitrogen and oxygen atoms in total. The van der Waals surface area contributed by atoms with Crippen molar-refractivity contribution in [3.05, 3.63) is 18.2 Å². The normalized spacial score (nSPS) is 24.2. The number of nitrogens with zero attached hydrogens (tertiary/aromatic N) is 3. The Morgan fingerprint density at radius 3 is 2.81 bits per heavy atom. The van der Waals surface area contributed by atoms with Crippen LogP contribution in [-0.2, 0) is 11.3 Å². The first-order chi connectivity index (χ1) is 10.3. The van der Waals surface area contributed by atoms with Crippen molar-refractivity contribution in [2.24, 2.45) is 5.92 Å². The molecule has 1 aliphatic carbocycles. The summed E-state index contributed by atoms with van der Waals surface area (Å²) in [6.45, 7) is 4.92. The Morgan fingerprint density at radius 1 is 1.24 bits per heavy atom. The highest BCUT2D eigenvalue weighted by atomic mass is 16.2. The van der Waals surface area contributed by atoms with E-state index < -0.39 is 0 Å². The summed E-state index contributed by atoms with van der Waals surface area (Å²) in [6.07, 6.45) is 12.2. The molecule has 2 heterocycles. The van der Waals surface area contributed by atoms with Gasteiger partial charge in [-0.25, -0.2) is 4.98 Å². The van der Waals surface area contributed by atoms with Gasteiger partial charge in [-0.3, -0.25) is 4.79 Å². The SMILES string of the molecule is CCn1ccnc1[C@H]1CCCN(C(=O)C2CCCCC2)C1. The standard InChI is InChI=1S/C17H27N3O/c1-2-19-12-10-18-16(19)15-9-6-11-20(13-15)17(21)14-7-4-3-5-8-14/h10,12,14-15H,2-9,11,13H2,1H3/t15-/m0/s1. The number of rotatable bonds is 3. The summed E-state index contributed by atoms with van der Waals surface area (Å²) in [6, 6.07) is 0. The molecule has 1 saturated carbocycles. The van der Waals surface area contributed by atoms with E-state index in [0.717, 1.165) is 45.3 Å². The van der Waals surface area contributed by atoms with Crippen LogP contribution >= 0.6 is 0 Å². The molecule has 2 fully saturated rings. The van der Waals surface area contributed by atoms with Crippen molar-refractivity contribution >= 4 is 5.91 Å². The maximum absolute atomic E-state index is 12.7. The fourth-order valence-electron chi connectivity index (χ4n) is 3.94. The zero-order valence-corrected chi connectivity index (χ0v) is 13.1. The van der Waals surface area contributed by atoms with E-state index in [1.807, 2.05) is 6.20 Å². The number of carbonyl (C=O) groups excluding carboxylic acids is 1. The van der Waals surface area contributed by atoms with Crippen molar-refractivity contribution in [3.63, 3.8) is 0 Å². The quantitative estimate of drug-likeness (QED) is 0.857. The van der Waals surface area contributed by atoms with Crippen LogP contribution in [0.15, 0.2) is 12.4 Å². The molecule has 1 amide bonds. The second kappa shape index (κ2) is 6.63. The number of piperidine rings is 1. The smallest absolute Gasteiger partial charge is 0.225 e. The van der Waals surface area contributed by atoms with Gasteiger partial charge in [0.15, 0.2) is 0 Å². The highest BCUT2D eigenvalue weighted by Crippen LogP contribution is 2.30. The van der Waals surface area contributed by atoms with Crippen molar-refractivity contribution < 1.29 is 4.79 Å². The fraction of sp³-hybridized carbons (Fsp3) is 0.765. The van der Waals surface area contributed by atoms with Crippen molar-refractivity contribution in [1.29, 1.82) is 0 Å². The number of aromatic nitrogens is 2. The highest BCUT2D eigenvalue weighted by molar-refractivity contribution is 5.79. The Morgan fingerprint density at radius 2 is 2.05 bits per heavy atom. The lowest BCUT2D eigenvalue weighted by molar-refractivity contribution is -0.137. The number of hydrogen-bond acceptors (Lipinski definition) is 2. The Kier molecular flexibility index (Phi) is 4.61. The molecule has 1 aliphatic heterocycles. The van der Waals surface area contributed by atoms with Crippen molar-refractivity contribution in [2.75, 3.05) is 13.1 Å². The molecule has 2 aliphatic rings. The van der Waals surface area contributed by atoms with Crippen LogP contribution in [0, 0.1) is 5.92 Å². The van der Waals surface area contributed by atoms with Crippen molar-refractivity contribution in [3.8, 4) is 0 Å². The Labute approximate surface area is 127 Å². The highest BCUT2D eigenvalue weighted by Gasteiger charge is 2.31. The Balaban J connectivity index is 1.66. The zero-order valence-electron chi connectivity index (χ0n) is 13.1. The largest absolute Gasteiger partial charge is 0.342 e. The van der Waals surface area contributed by atoms with E-state index in [9.17, 15) is 4.79 Å². The van der Waals surface area contributed by atoms with E-state index in [1.54, 1.807) is 0 Å². The monoisotopic (exact) mass is 289 g/mol. The van der Waals surface area contributed by atoms with Crippen LogP contribution in [0.2, 0.25) is 0 Å². The summed E-state index contributed by atoms with van der Waals surface area (Å²) in [4.78, 5) is 19.4. The molecular formula is C17H27N3O.